The van der Waals surface area contributed by atoms with Crippen molar-refractivity contribution in [1.29, 1.82) is 0 Å². The number of sulfonamides is 1. The predicted molar refractivity (Wildman–Crippen MR) is 94.2 cm³/mol. The van der Waals surface area contributed by atoms with Crippen LogP contribution in [0.5, 0.6) is 0 Å². The Kier molecular flexibility index (Phi) is 6.54. The summed E-state index contributed by atoms with van der Waals surface area (Å²) in [4.78, 5) is 12.3. The lowest BCUT2D eigenvalue weighted by atomic mass is 10.2. The lowest BCUT2D eigenvalue weighted by Crippen LogP contribution is -2.34. The summed E-state index contributed by atoms with van der Waals surface area (Å²) in [6.45, 7) is 4.75. The van der Waals surface area contributed by atoms with Crippen molar-refractivity contribution >= 4 is 31.5 Å². The van der Waals surface area contributed by atoms with Crippen molar-refractivity contribution < 1.29 is 21.6 Å². The molecule has 0 saturated heterocycles. The van der Waals surface area contributed by atoms with Crippen molar-refractivity contribution in [3.63, 3.8) is 0 Å². The van der Waals surface area contributed by atoms with Crippen molar-refractivity contribution in [2.45, 2.75) is 37.3 Å². The highest BCUT2D eigenvalue weighted by molar-refractivity contribution is 7.92. The van der Waals surface area contributed by atoms with Crippen molar-refractivity contribution in [1.82, 2.24) is 4.31 Å². The molecule has 1 N–H and O–H groups in total. The molecular formula is C15H24N2O5S2. The minimum Gasteiger partial charge on any atom is -0.325 e. The molecule has 0 aliphatic carbocycles. The molecule has 0 fully saturated rings. The van der Waals surface area contributed by atoms with E-state index in [4.69, 9.17) is 0 Å². The van der Waals surface area contributed by atoms with Crippen molar-refractivity contribution in [2.75, 3.05) is 25.2 Å². The van der Waals surface area contributed by atoms with Crippen LogP contribution in [-0.2, 0) is 24.7 Å². The quantitative estimate of drug-likeness (QED) is 0.775. The average Bonchev–Trinajstić information content (AvgIpc) is 2.48. The average molecular weight is 377 g/mol. The minimum absolute atomic E-state index is 0.0254. The molecule has 1 rings (SSSR count). The van der Waals surface area contributed by atoms with Crippen LogP contribution in [0.25, 0.3) is 0 Å². The third-order valence-electron chi connectivity index (χ3n) is 3.64. The number of anilines is 1. The predicted octanol–water partition coefficient (Wildman–Crippen LogP) is 1.40. The highest BCUT2D eigenvalue weighted by atomic mass is 32.2. The van der Waals surface area contributed by atoms with Gasteiger partial charge in [-0.15, -0.1) is 0 Å². The zero-order chi connectivity index (χ0) is 18.7. The standard InChI is InChI=1S/C15H24N2O5S2/c1-6-9-23(19,20)12(3)15(18)16-14-10-13(8-7-11(14)2)24(21,22)17(4)5/h7-8,10,12H,6,9H2,1-5H3,(H,16,18). The Labute approximate surface area is 144 Å². The highest BCUT2D eigenvalue weighted by Crippen LogP contribution is 2.22. The van der Waals surface area contributed by atoms with Gasteiger partial charge in [0.05, 0.1) is 10.6 Å². The lowest BCUT2D eigenvalue weighted by molar-refractivity contribution is -0.115. The maximum atomic E-state index is 12.2. The van der Waals surface area contributed by atoms with Crippen LogP contribution < -0.4 is 5.32 Å². The molecule has 0 heterocycles. The van der Waals surface area contributed by atoms with E-state index in [0.29, 0.717) is 12.0 Å². The van der Waals surface area contributed by atoms with Gasteiger partial charge in [0.25, 0.3) is 0 Å². The van der Waals surface area contributed by atoms with E-state index < -0.39 is 31.0 Å². The van der Waals surface area contributed by atoms with Crippen LogP contribution in [-0.4, -0.2) is 52.1 Å². The number of hydrogen-bond acceptors (Lipinski definition) is 5. The van der Waals surface area contributed by atoms with Gasteiger partial charge in [-0.2, -0.15) is 0 Å². The molecule has 7 nitrogen and oxygen atoms in total. The first kappa shape index (κ1) is 20.6. The molecule has 136 valence electrons. The molecule has 1 unspecified atom stereocenters. The Morgan fingerprint density at radius 2 is 1.79 bits per heavy atom. The fraction of sp³-hybridized carbons (Fsp3) is 0.533. The molecule has 0 bridgehead atoms. The van der Waals surface area contributed by atoms with E-state index in [9.17, 15) is 21.6 Å². The topological polar surface area (TPSA) is 101 Å². The summed E-state index contributed by atoms with van der Waals surface area (Å²) in [6, 6.07) is 4.34. The normalized spacial score (nSPS) is 13.8. The fourth-order valence-corrected chi connectivity index (χ4v) is 4.20. The van der Waals surface area contributed by atoms with Gasteiger partial charge in [0.1, 0.15) is 5.25 Å². The van der Waals surface area contributed by atoms with Gasteiger partial charge in [-0.05, 0) is 38.0 Å². The number of benzene rings is 1. The van der Waals surface area contributed by atoms with E-state index in [2.05, 4.69) is 5.32 Å². The molecule has 0 aromatic heterocycles. The van der Waals surface area contributed by atoms with Crippen LogP contribution in [0.2, 0.25) is 0 Å². The molecule has 0 aliphatic heterocycles. The van der Waals surface area contributed by atoms with Gasteiger partial charge in [0, 0.05) is 19.8 Å². The Morgan fingerprint density at radius 1 is 1.21 bits per heavy atom. The number of nitrogens with one attached hydrogen (secondary N) is 1. The summed E-state index contributed by atoms with van der Waals surface area (Å²) < 4.78 is 49.4. The number of amides is 1. The summed E-state index contributed by atoms with van der Waals surface area (Å²) >= 11 is 0. The monoisotopic (exact) mass is 376 g/mol. The first-order chi connectivity index (χ1) is 10.9. The molecule has 1 atom stereocenters. The van der Waals surface area contributed by atoms with Gasteiger partial charge >= 0.3 is 0 Å². The fourth-order valence-electron chi connectivity index (χ4n) is 1.97. The SMILES string of the molecule is CCCS(=O)(=O)C(C)C(=O)Nc1cc(S(=O)(=O)N(C)C)ccc1C. The Hall–Kier alpha value is -1.45. The molecule has 1 aromatic carbocycles. The van der Waals surface area contributed by atoms with Crippen molar-refractivity contribution in [3.8, 4) is 0 Å². The molecule has 9 heteroatoms. The summed E-state index contributed by atoms with van der Waals surface area (Å²) in [5, 5.41) is 1.32. The molecule has 0 spiro atoms. The summed E-state index contributed by atoms with van der Waals surface area (Å²) in [7, 11) is -4.36. The second-order valence-electron chi connectivity index (χ2n) is 5.76. The number of nitrogens with zero attached hydrogens (tertiary/aromatic N) is 1. The lowest BCUT2D eigenvalue weighted by Gasteiger charge is -2.16. The van der Waals surface area contributed by atoms with Crippen molar-refractivity contribution in [2.24, 2.45) is 0 Å². The number of hydrogen-bond donors (Lipinski definition) is 1. The van der Waals surface area contributed by atoms with Gasteiger partial charge in [0.2, 0.25) is 15.9 Å². The van der Waals surface area contributed by atoms with E-state index in [1.165, 1.54) is 33.2 Å². The molecule has 24 heavy (non-hydrogen) atoms. The molecule has 1 amide bonds. The minimum atomic E-state index is -3.65. The molecule has 0 radical (unpaired) electrons. The second kappa shape index (κ2) is 7.62. The first-order valence-corrected chi connectivity index (χ1v) is 10.6. The van der Waals surface area contributed by atoms with Crippen LogP contribution in [0.4, 0.5) is 5.69 Å². The Balaban J connectivity index is 3.14. The smallest absolute Gasteiger partial charge is 0.242 e. The largest absolute Gasteiger partial charge is 0.325 e. The maximum Gasteiger partial charge on any atom is 0.242 e. The van der Waals surface area contributed by atoms with Gasteiger partial charge in [0.15, 0.2) is 9.84 Å². The van der Waals surface area contributed by atoms with E-state index in [0.717, 1.165) is 4.31 Å². The number of rotatable bonds is 7. The molecule has 0 saturated carbocycles. The van der Waals surface area contributed by atoms with E-state index in [1.807, 2.05) is 0 Å². The van der Waals surface area contributed by atoms with Gasteiger partial charge in [-0.3, -0.25) is 4.79 Å². The summed E-state index contributed by atoms with van der Waals surface area (Å²) in [5.41, 5.74) is 0.919. The van der Waals surface area contributed by atoms with Gasteiger partial charge in [-0.25, -0.2) is 21.1 Å². The highest BCUT2D eigenvalue weighted by Gasteiger charge is 2.28. The summed E-state index contributed by atoms with van der Waals surface area (Å²) in [6.07, 6.45) is 0.426. The number of carbonyl (C=O) groups excluding carboxylic acids is 1. The third kappa shape index (κ3) is 4.55. The van der Waals surface area contributed by atoms with Crippen LogP contribution >= 0.6 is 0 Å². The van der Waals surface area contributed by atoms with Crippen LogP contribution in [0.3, 0.4) is 0 Å². The zero-order valence-electron chi connectivity index (χ0n) is 14.5. The number of carbonyl (C=O) groups is 1. The second-order valence-corrected chi connectivity index (χ2v) is 10.4. The van der Waals surface area contributed by atoms with Crippen LogP contribution in [0, 0.1) is 6.92 Å². The number of aryl methyl sites for hydroxylation is 1. The Morgan fingerprint density at radius 3 is 2.29 bits per heavy atom. The zero-order valence-corrected chi connectivity index (χ0v) is 16.2. The van der Waals surface area contributed by atoms with Gasteiger partial charge in [-0.1, -0.05) is 13.0 Å². The summed E-state index contributed by atoms with van der Waals surface area (Å²) in [5.74, 6) is -0.749. The van der Waals surface area contributed by atoms with Crippen LogP contribution in [0.15, 0.2) is 23.1 Å². The van der Waals surface area contributed by atoms with E-state index >= 15 is 0 Å². The van der Waals surface area contributed by atoms with Crippen molar-refractivity contribution in [3.05, 3.63) is 23.8 Å². The number of sulfone groups is 1. The first-order valence-electron chi connectivity index (χ1n) is 7.49. The Bertz CT molecular complexity index is 814. The molecular weight excluding hydrogens is 352 g/mol. The van der Waals surface area contributed by atoms with E-state index in [1.54, 1.807) is 19.9 Å². The van der Waals surface area contributed by atoms with Crippen LogP contribution in [0.1, 0.15) is 25.8 Å². The maximum absolute atomic E-state index is 12.2. The van der Waals surface area contributed by atoms with E-state index in [-0.39, 0.29) is 16.3 Å². The third-order valence-corrected chi connectivity index (χ3v) is 7.72. The molecule has 0 aliphatic rings. The molecule has 1 aromatic rings. The van der Waals surface area contributed by atoms with Gasteiger partial charge < -0.3 is 5.32 Å².